The Morgan fingerprint density at radius 1 is 1.08 bits per heavy atom. The number of ether oxygens (including phenoxy) is 1. The zero-order valence-electron chi connectivity index (χ0n) is 14.5. The second-order valence-electron chi connectivity index (χ2n) is 6.66. The summed E-state index contributed by atoms with van der Waals surface area (Å²) in [5.41, 5.74) is 1.60. The third-order valence-corrected chi connectivity index (χ3v) is 4.59. The van der Waals surface area contributed by atoms with E-state index in [9.17, 15) is 4.79 Å². The minimum absolute atomic E-state index is 0.00851. The van der Waals surface area contributed by atoms with E-state index in [4.69, 9.17) is 16.3 Å². The molecule has 3 rings (SSSR count). The lowest BCUT2D eigenvalue weighted by molar-refractivity contribution is -0.145. The van der Waals surface area contributed by atoms with Crippen molar-refractivity contribution < 1.29 is 9.53 Å². The molecule has 2 aromatic rings. The second-order valence-corrected chi connectivity index (χ2v) is 7.10. The molecule has 1 amide bonds. The van der Waals surface area contributed by atoms with Gasteiger partial charge in [-0.2, -0.15) is 0 Å². The average Bonchev–Trinajstić information content (AvgIpc) is 2.64. The lowest BCUT2D eigenvalue weighted by Gasteiger charge is -2.34. The number of amides is 1. The topological polar surface area (TPSA) is 29.5 Å². The summed E-state index contributed by atoms with van der Waals surface area (Å²) in [6.45, 7) is 4.92. The fourth-order valence-corrected chi connectivity index (χ4v) is 3.12. The molecule has 0 saturated carbocycles. The zero-order valence-corrected chi connectivity index (χ0v) is 15.3. The molecule has 1 aliphatic rings. The van der Waals surface area contributed by atoms with Crippen LogP contribution in [-0.4, -0.2) is 29.5 Å². The first-order valence-electron chi connectivity index (χ1n) is 8.44. The first-order valence-corrected chi connectivity index (χ1v) is 8.82. The summed E-state index contributed by atoms with van der Waals surface area (Å²) in [4.78, 5) is 14.7. The fraction of sp³-hybridized carbons (Fsp3) is 0.286. The highest BCUT2D eigenvalue weighted by Crippen LogP contribution is 2.26. The third kappa shape index (κ3) is 4.23. The maximum Gasteiger partial charge on any atom is 0.266 e. The van der Waals surface area contributed by atoms with Crippen LogP contribution >= 0.6 is 11.6 Å². The summed E-state index contributed by atoms with van der Waals surface area (Å²) in [7, 11) is 0. The monoisotopic (exact) mass is 355 g/mol. The summed E-state index contributed by atoms with van der Waals surface area (Å²) in [5.74, 6) is 0.631. The van der Waals surface area contributed by atoms with Gasteiger partial charge in [0.1, 0.15) is 5.75 Å². The minimum atomic E-state index is -0.925. The van der Waals surface area contributed by atoms with Crippen LogP contribution in [0, 0.1) is 0 Å². The van der Waals surface area contributed by atoms with Crippen LogP contribution in [0.1, 0.15) is 25.8 Å². The van der Waals surface area contributed by atoms with Gasteiger partial charge in [0.25, 0.3) is 5.91 Å². The molecule has 1 aliphatic heterocycles. The Balaban J connectivity index is 1.66. The van der Waals surface area contributed by atoms with Crippen molar-refractivity contribution in [3.63, 3.8) is 0 Å². The molecule has 2 aromatic carbocycles. The smallest absolute Gasteiger partial charge is 0.266 e. The zero-order chi connectivity index (χ0) is 17.9. The van der Waals surface area contributed by atoms with Crippen LogP contribution in [0.4, 0.5) is 0 Å². The van der Waals surface area contributed by atoms with Gasteiger partial charge in [0.15, 0.2) is 5.60 Å². The van der Waals surface area contributed by atoms with Crippen LogP contribution in [0.2, 0.25) is 5.02 Å². The number of rotatable bonds is 4. The number of carbonyl (C=O) groups is 1. The molecule has 0 aromatic heterocycles. The number of halogens is 1. The minimum Gasteiger partial charge on any atom is -0.478 e. The second kappa shape index (κ2) is 7.32. The molecule has 0 unspecified atom stereocenters. The van der Waals surface area contributed by atoms with Crippen molar-refractivity contribution in [2.75, 3.05) is 13.1 Å². The number of hydrogen-bond donors (Lipinski definition) is 0. The summed E-state index contributed by atoms with van der Waals surface area (Å²) < 4.78 is 5.91. The molecule has 0 spiro atoms. The molecule has 1 heterocycles. The summed E-state index contributed by atoms with van der Waals surface area (Å²) in [5, 5.41) is 0.645. The predicted molar refractivity (Wildman–Crippen MR) is 102 cm³/mol. The molecule has 0 N–H and O–H groups in total. The maximum atomic E-state index is 12.9. The Bertz CT molecular complexity index is 766. The van der Waals surface area contributed by atoms with Crippen LogP contribution in [0.25, 0.3) is 5.57 Å². The molecule has 0 bridgehead atoms. The molecule has 0 aliphatic carbocycles. The Hall–Kier alpha value is -2.26. The van der Waals surface area contributed by atoms with Gasteiger partial charge in [0, 0.05) is 18.1 Å². The number of carbonyl (C=O) groups excluding carboxylic acids is 1. The van der Waals surface area contributed by atoms with Crippen molar-refractivity contribution in [2.24, 2.45) is 0 Å². The molecule has 4 heteroatoms. The van der Waals surface area contributed by atoms with Crippen molar-refractivity contribution in [1.29, 1.82) is 0 Å². The SMILES string of the molecule is CC(C)(Oc1ccc(Cl)cc1)C(=O)N1CC=C(c2ccccc2)CC1. The Labute approximate surface area is 153 Å². The van der Waals surface area contributed by atoms with Crippen molar-refractivity contribution >= 4 is 23.1 Å². The first-order chi connectivity index (χ1) is 12.0. The van der Waals surface area contributed by atoms with Gasteiger partial charge in [0.05, 0.1) is 0 Å². The van der Waals surface area contributed by atoms with Crippen molar-refractivity contribution in [3.8, 4) is 5.75 Å². The van der Waals surface area contributed by atoms with E-state index in [1.165, 1.54) is 11.1 Å². The van der Waals surface area contributed by atoms with Crippen molar-refractivity contribution in [3.05, 3.63) is 71.3 Å². The fourth-order valence-electron chi connectivity index (χ4n) is 2.99. The Morgan fingerprint density at radius 2 is 1.76 bits per heavy atom. The Morgan fingerprint density at radius 3 is 2.36 bits per heavy atom. The van der Waals surface area contributed by atoms with E-state index < -0.39 is 5.60 Å². The standard InChI is InChI=1S/C21H22ClNO2/c1-21(2,25-19-10-8-18(22)9-11-19)20(24)23-14-12-17(13-15-23)16-6-4-3-5-7-16/h3-12H,13-15H2,1-2H3. The lowest BCUT2D eigenvalue weighted by atomic mass is 9.98. The molecular formula is C21H22ClNO2. The average molecular weight is 356 g/mol. The van der Waals surface area contributed by atoms with E-state index in [1.807, 2.05) is 23.1 Å². The van der Waals surface area contributed by atoms with Crippen molar-refractivity contribution in [1.82, 2.24) is 4.90 Å². The van der Waals surface area contributed by atoms with Gasteiger partial charge in [-0.3, -0.25) is 4.79 Å². The molecule has 130 valence electrons. The normalized spacial score (nSPS) is 14.8. The third-order valence-electron chi connectivity index (χ3n) is 4.34. The van der Waals surface area contributed by atoms with Crippen molar-refractivity contribution in [2.45, 2.75) is 25.9 Å². The van der Waals surface area contributed by atoms with E-state index in [2.05, 4.69) is 18.2 Å². The molecule has 25 heavy (non-hydrogen) atoms. The quantitative estimate of drug-likeness (QED) is 0.787. The molecular weight excluding hydrogens is 334 g/mol. The summed E-state index contributed by atoms with van der Waals surface area (Å²) in [6.07, 6.45) is 2.99. The van der Waals surface area contributed by atoms with Crippen LogP contribution in [-0.2, 0) is 4.79 Å². The Kier molecular flexibility index (Phi) is 5.14. The molecule has 0 atom stereocenters. The van der Waals surface area contributed by atoms with Crippen LogP contribution < -0.4 is 4.74 Å². The van der Waals surface area contributed by atoms with Gasteiger partial charge in [-0.25, -0.2) is 0 Å². The predicted octanol–water partition coefficient (Wildman–Crippen LogP) is 4.81. The van der Waals surface area contributed by atoms with Gasteiger partial charge in [0.2, 0.25) is 0 Å². The van der Waals surface area contributed by atoms with E-state index in [0.717, 1.165) is 6.42 Å². The van der Waals surface area contributed by atoms with E-state index in [-0.39, 0.29) is 5.91 Å². The first kappa shape index (κ1) is 17.6. The van der Waals surface area contributed by atoms with Gasteiger partial charge in [-0.15, -0.1) is 0 Å². The van der Waals surface area contributed by atoms with Gasteiger partial charge in [-0.1, -0.05) is 48.0 Å². The lowest BCUT2D eigenvalue weighted by Crippen LogP contribution is -2.50. The molecule has 0 saturated heterocycles. The van der Waals surface area contributed by atoms with Crippen LogP contribution in [0.3, 0.4) is 0 Å². The van der Waals surface area contributed by atoms with Gasteiger partial charge in [-0.05, 0) is 55.7 Å². The van der Waals surface area contributed by atoms with Crippen LogP contribution in [0.15, 0.2) is 60.7 Å². The largest absolute Gasteiger partial charge is 0.478 e. The number of hydrogen-bond acceptors (Lipinski definition) is 2. The molecule has 0 fully saturated rings. The molecule has 0 radical (unpaired) electrons. The highest BCUT2D eigenvalue weighted by Gasteiger charge is 2.34. The van der Waals surface area contributed by atoms with Gasteiger partial charge >= 0.3 is 0 Å². The summed E-state index contributed by atoms with van der Waals surface area (Å²) in [6, 6.07) is 17.4. The van der Waals surface area contributed by atoms with Crippen LogP contribution in [0.5, 0.6) is 5.75 Å². The highest BCUT2D eigenvalue weighted by molar-refractivity contribution is 6.30. The van der Waals surface area contributed by atoms with E-state index in [1.54, 1.807) is 38.1 Å². The van der Waals surface area contributed by atoms with E-state index in [0.29, 0.717) is 23.9 Å². The maximum absolute atomic E-state index is 12.9. The summed E-state index contributed by atoms with van der Waals surface area (Å²) >= 11 is 5.89. The van der Waals surface area contributed by atoms with Gasteiger partial charge < -0.3 is 9.64 Å². The highest BCUT2D eigenvalue weighted by atomic mass is 35.5. The number of nitrogens with zero attached hydrogens (tertiary/aromatic N) is 1. The molecule has 3 nitrogen and oxygen atoms in total. The van der Waals surface area contributed by atoms with E-state index >= 15 is 0 Å². The number of benzene rings is 2.